The summed E-state index contributed by atoms with van der Waals surface area (Å²) in [5.74, 6) is -0.670. The first-order valence-electron chi connectivity index (χ1n) is 5.13. The second-order valence-corrected chi connectivity index (χ2v) is 6.87. The fourth-order valence-electron chi connectivity index (χ4n) is 1.21. The Balaban J connectivity index is 0.00000324. The van der Waals surface area contributed by atoms with Crippen LogP contribution < -0.4 is 10.5 Å². The number of hydrogen-bond donors (Lipinski definition) is 2. The van der Waals surface area contributed by atoms with Gasteiger partial charge in [-0.05, 0) is 25.3 Å². The Hall–Kier alpha value is -0.670. The van der Waals surface area contributed by atoms with Crippen molar-refractivity contribution in [2.24, 2.45) is 5.73 Å². The molecule has 3 N–H and O–H groups in total. The van der Waals surface area contributed by atoms with Crippen molar-refractivity contribution >= 4 is 39.7 Å². The van der Waals surface area contributed by atoms with Crippen LogP contribution in [0.4, 0.5) is 0 Å². The molecule has 0 radical (unpaired) electrons. The minimum absolute atomic E-state index is 0. The molecule has 0 aromatic carbocycles. The lowest BCUT2D eigenvalue weighted by Crippen LogP contribution is -2.48. The van der Waals surface area contributed by atoms with Crippen LogP contribution in [-0.4, -0.2) is 33.6 Å². The first-order valence-corrected chi connectivity index (χ1v) is 7.49. The number of sulfonamides is 1. The van der Waals surface area contributed by atoms with Gasteiger partial charge in [-0.3, -0.25) is 0 Å². The third-order valence-corrected chi connectivity index (χ3v) is 4.97. The maximum atomic E-state index is 12.1. The smallest absolute Gasteiger partial charge is 0.349 e. The number of carbonyl (C=O) groups is 1. The second kappa shape index (κ2) is 6.67. The summed E-state index contributed by atoms with van der Waals surface area (Å²) in [5, 5.41) is 1.52. The summed E-state index contributed by atoms with van der Waals surface area (Å²) < 4.78 is 31.3. The molecule has 0 fully saturated rings. The monoisotopic (exact) mass is 328 g/mol. The fourth-order valence-corrected chi connectivity index (χ4v) is 3.97. The number of carbonyl (C=O) groups excluding carboxylic acids is 1. The lowest BCUT2D eigenvalue weighted by atomic mass is 10.1. The molecule has 0 amide bonds. The third-order valence-electron chi connectivity index (χ3n) is 2.21. The number of halogens is 1. The molecule has 0 saturated heterocycles. The Bertz CT molecular complexity index is 539. The molecule has 6 nitrogen and oxygen atoms in total. The normalized spacial score (nSPS) is 11.8. The number of rotatable bonds is 5. The van der Waals surface area contributed by atoms with Crippen LogP contribution in [0.3, 0.4) is 0 Å². The van der Waals surface area contributed by atoms with Gasteiger partial charge >= 0.3 is 5.97 Å². The zero-order chi connectivity index (χ0) is 14.0. The topological polar surface area (TPSA) is 98.5 Å². The molecular formula is C10H17ClN2O4S2. The average Bonchev–Trinajstić information content (AvgIpc) is 2.76. The third kappa shape index (κ3) is 4.43. The quantitative estimate of drug-likeness (QED) is 0.785. The van der Waals surface area contributed by atoms with E-state index >= 15 is 0 Å². The molecule has 110 valence electrons. The minimum atomic E-state index is -3.79. The van der Waals surface area contributed by atoms with Crippen LogP contribution in [0.5, 0.6) is 0 Å². The Morgan fingerprint density at radius 1 is 1.53 bits per heavy atom. The van der Waals surface area contributed by atoms with Gasteiger partial charge in [0.25, 0.3) is 0 Å². The highest BCUT2D eigenvalue weighted by atomic mass is 35.5. The molecule has 0 aliphatic rings. The summed E-state index contributed by atoms with van der Waals surface area (Å²) in [7, 11) is -2.59. The van der Waals surface area contributed by atoms with Gasteiger partial charge in [0.2, 0.25) is 10.0 Å². The summed E-state index contributed by atoms with van der Waals surface area (Å²) in [6, 6.07) is 1.37. The maximum Gasteiger partial charge on any atom is 0.349 e. The first kappa shape index (κ1) is 18.3. The fraction of sp³-hybridized carbons (Fsp3) is 0.500. The van der Waals surface area contributed by atoms with Crippen LogP contribution in [0.15, 0.2) is 16.3 Å². The molecule has 0 atom stereocenters. The van der Waals surface area contributed by atoms with Gasteiger partial charge in [-0.2, -0.15) is 0 Å². The standard InChI is InChI=1S/C10H16N2O4S2.ClH/c1-10(2,6-11)12-18(14,15)7-4-5-17-8(7)9(13)16-3;/h4-5,12H,6,11H2,1-3H3;1H. The molecule has 1 aromatic rings. The molecule has 1 aromatic heterocycles. The van der Waals surface area contributed by atoms with Crippen molar-refractivity contribution in [1.29, 1.82) is 0 Å². The van der Waals surface area contributed by atoms with Gasteiger partial charge in [-0.15, -0.1) is 23.7 Å². The van der Waals surface area contributed by atoms with Crippen molar-refractivity contribution in [2.75, 3.05) is 13.7 Å². The highest BCUT2D eigenvalue weighted by molar-refractivity contribution is 7.89. The number of esters is 1. The van der Waals surface area contributed by atoms with Crippen molar-refractivity contribution < 1.29 is 17.9 Å². The van der Waals surface area contributed by atoms with Gasteiger partial charge in [0.05, 0.1) is 7.11 Å². The molecule has 0 bridgehead atoms. The molecule has 0 unspecified atom stereocenters. The van der Waals surface area contributed by atoms with Crippen LogP contribution in [0.25, 0.3) is 0 Å². The molecule has 0 spiro atoms. The molecule has 1 rings (SSSR count). The van der Waals surface area contributed by atoms with Gasteiger partial charge in [-0.1, -0.05) is 0 Å². The maximum absolute atomic E-state index is 12.1. The van der Waals surface area contributed by atoms with Gasteiger partial charge in [0.1, 0.15) is 9.77 Å². The van der Waals surface area contributed by atoms with Gasteiger partial charge in [0, 0.05) is 12.1 Å². The Kier molecular flexibility index (Phi) is 6.43. The number of ether oxygens (including phenoxy) is 1. The van der Waals surface area contributed by atoms with Gasteiger partial charge < -0.3 is 10.5 Å². The van der Waals surface area contributed by atoms with E-state index < -0.39 is 21.5 Å². The van der Waals surface area contributed by atoms with E-state index in [-0.39, 0.29) is 28.7 Å². The predicted molar refractivity (Wildman–Crippen MR) is 76.4 cm³/mol. The van der Waals surface area contributed by atoms with Gasteiger partial charge in [-0.25, -0.2) is 17.9 Å². The minimum Gasteiger partial charge on any atom is -0.465 e. The van der Waals surface area contributed by atoms with Crippen LogP contribution in [-0.2, 0) is 14.8 Å². The summed E-state index contributed by atoms with van der Waals surface area (Å²) >= 11 is 1.02. The summed E-state index contributed by atoms with van der Waals surface area (Å²) in [6.07, 6.45) is 0. The number of nitrogens with one attached hydrogen (secondary N) is 1. The van der Waals surface area contributed by atoms with E-state index in [0.717, 1.165) is 11.3 Å². The van der Waals surface area contributed by atoms with E-state index in [2.05, 4.69) is 9.46 Å². The Labute approximate surface area is 122 Å². The summed E-state index contributed by atoms with van der Waals surface area (Å²) in [4.78, 5) is 11.4. The van der Waals surface area contributed by atoms with Crippen LogP contribution in [0, 0.1) is 0 Å². The van der Waals surface area contributed by atoms with Crippen LogP contribution in [0.1, 0.15) is 23.5 Å². The summed E-state index contributed by atoms with van der Waals surface area (Å²) in [5.41, 5.74) is 4.69. The van der Waals surface area contributed by atoms with E-state index in [4.69, 9.17) is 5.73 Å². The Morgan fingerprint density at radius 2 is 2.11 bits per heavy atom. The molecule has 1 heterocycles. The van der Waals surface area contributed by atoms with Crippen molar-refractivity contribution in [3.05, 3.63) is 16.3 Å². The van der Waals surface area contributed by atoms with Crippen molar-refractivity contribution in [1.82, 2.24) is 4.72 Å². The number of nitrogens with two attached hydrogens (primary N) is 1. The number of hydrogen-bond acceptors (Lipinski definition) is 6. The van der Waals surface area contributed by atoms with E-state index in [1.165, 1.54) is 18.6 Å². The van der Waals surface area contributed by atoms with Crippen LogP contribution >= 0.6 is 23.7 Å². The number of methoxy groups -OCH3 is 1. The molecule has 0 aliphatic heterocycles. The first-order chi connectivity index (χ1) is 8.23. The lowest BCUT2D eigenvalue weighted by Gasteiger charge is -2.23. The molecule has 9 heteroatoms. The zero-order valence-electron chi connectivity index (χ0n) is 10.8. The molecule has 0 saturated carbocycles. The SMILES string of the molecule is COC(=O)c1sccc1S(=O)(=O)NC(C)(C)CN.Cl. The van der Waals surface area contributed by atoms with Crippen LogP contribution in [0.2, 0.25) is 0 Å². The van der Waals surface area contributed by atoms with E-state index in [1.807, 2.05) is 0 Å². The zero-order valence-corrected chi connectivity index (χ0v) is 13.2. The van der Waals surface area contributed by atoms with Crippen molar-refractivity contribution in [2.45, 2.75) is 24.3 Å². The highest BCUT2D eigenvalue weighted by Crippen LogP contribution is 2.23. The number of thiophene rings is 1. The summed E-state index contributed by atoms with van der Waals surface area (Å²) in [6.45, 7) is 3.47. The second-order valence-electron chi connectivity index (χ2n) is 4.30. The van der Waals surface area contributed by atoms with E-state index in [0.29, 0.717) is 0 Å². The molecule has 0 aliphatic carbocycles. The molecular weight excluding hydrogens is 312 g/mol. The largest absolute Gasteiger partial charge is 0.465 e. The molecule has 19 heavy (non-hydrogen) atoms. The average molecular weight is 329 g/mol. The van der Waals surface area contributed by atoms with Crippen molar-refractivity contribution in [3.63, 3.8) is 0 Å². The van der Waals surface area contributed by atoms with E-state index in [9.17, 15) is 13.2 Å². The van der Waals surface area contributed by atoms with Gasteiger partial charge in [0.15, 0.2) is 0 Å². The predicted octanol–water partition coefficient (Wildman–Crippen LogP) is 0.972. The Morgan fingerprint density at radius 3 is 2.58 bits per heavy atom. The lowest BCUT2D eigenvalue weighted by molar-refractivity contribution is 0.0602. The highest BCUT2D eigenvalue weighted by Gasteiger charge is 2.29. The van der Waals surface area contributed by atoms with Crippen molar-refractivity contribution in [3.8, 4) is 0 Å². The van der Waals surface area contributed by atoms with E-state index in [1.54, 1.807) is 13.8 Å².